The van der Waals surface area contributed by atoms with E-state index in [2.05, 4.69) is 38.1 Å². The summed E-state index contributed by atoms with van der Waals surface area (Å²) < 4.78 is 0. The summed E-state index contributed by atoms with van der Waals surface area (Å²) in [7, 11) is 0. The van der Waals surface area contributed by atoms with Gasteiger partial charge in [0.2, 0.25) is 0 Å². The molecule has 1 aliphatic rings. The molecule has 2 aromatic rings. The minimum atomic E-state index is 1.23. The van der Waals surface area contributed by atoms with Crippen LogP contribution in [-0.4, -0.2) is 0 Å². The lowest BCUT2D eigenvalue weighted by molar-refractivity contribution is 1.02. The van der Waals surface area contributed by atoms with Gasteiger partial charge in [-0.25, -0.2) is 0 Å². The van der Waals surface area contributed by atoms with Crippen molar-refractivity contribution in [3.8, 4) is 0 Å². The molecule has 70 valence electrons. The minimum absolute atomic E-state index is 1.23. The molecule has 1 aliphatic carbocycles. The summed E-state index contributed by atoms with van der Waals surface area (Å²) in [6.45, 7) is 4.40. The molecule has 0 saturated carbocycles. The van der Waals surface area contributed by atoms with Crippen molar-refractivity contribution in [2.45, 2.75) is 26.7 Å². The molecule has 0 heterocycles. The molecule has 0 N–H and O–H groups in total. The first-order valence-corrected chi connectivity index (χ1v) is 5.27. The van der Waals surface area contributed by atoms with Crippen LogP contribution in [-0.2, 0) is 12.8 Å². The quantitative estimate of drug-likeness (QED) is 0.584. The highest BCUT2D eigenvalue weighted by molar-refractivity contribution is 5.93. The van der Waals surface area contributed by atoms with Gasteiger partial charge in [-0.3, -0.25) is 0 Å². The highest BCUT2D eigenvalue weighted by Crippen LogP contribution is 2.33. The van der Waals surface area contributed by atoms with Crippen molar-refractivity contribution < 1.29 is 0 Å². The summed E-state index contributed by atoms with van der Waals surface area (Å²) in [6, 6.07) is 9.22. The van der Waals surface area contributed by atoms with E-state index in [1.54, 1.807) is 11.1 Å². The summed E-state index contributed by atoms with van der Waals surface area (Å²) in [5, 5.41) is 3.01. The maximum absolute atomic E-state index is 2.35. The third-order valence-corrected chi connectivity index (χ3v) is 3.31. The molecule has 0 radical (unpaired) electrons. The van der Waals surface area contributed by atoms with E-state index in [0.29, 0.717) is 0 Å². The summed E-state index contributed by atoms with van der Waals surface area (Å²) in [6.07, 6.45) is 2.46. The zero-order valence-corrected chi connectivity index (χ0v) is 8.72. The maximum Gasteiger partial charge on any atom is -0.0117 e. The Morgan fingerprint density at radius 3 is 2.57 bits per heavy atom. The molecule has 0 unspecified atom stereocenters. The molecule has 3 rings (SSSR count). The summed E-state index contributed by atoms with van der Waals surface area (Å²) in [5.74, 6) is 0. The van der Waals surface area contributed by atoms with Crippen LogP contribution < -0.4 is 0 Å². The van der Waals surface area contributed by atoms with Crippen molar-refractivity contribution in [3.05, 3.63) is 46.5 Å². The second kappa shape index (κ2) is 2.60. The van der Waals surface area contributed by atoms with Crippen molar-refractivity contribution in [1.82, 2.24) is 0 Å². The fourth-order valence-corrected chi connectivity index (χ4v) is 2.63. The Morgan fingerprint density at radius 1 is 0.929 bits per heavy atom. The molecule has 0 bridgehead atoms. The first kappa shape index (κ1) is 8.05. The van der Waals surface area contributed by atoms with Gasteiger partial charge in [-0.15, -0.1) is 0 Å². The molecule has 0 nitrogen and oxygen atoms in total. The zero-order chi connectivity index (χ0) is 9.71. The lowest BCUT2D eigenvalue weighted by Crippen LogP contribution is -1.84. The molecule has 0 saturated heterocycles. The van der Waals surface area contributed by atoms with Crippen LogP contribution in [0.1, 0.15) is 22.3 Å². The molecule has 0 aromatic heterocycles. The van der Waals surface area contributed by atoms with Crippen LogP contribution >= 0.6 is 0 Å². The topological polar surface area (TPSA) is 0 Å². The average molecular weight is 182 g/mol. The van der Waals surface area contributed by atoms with Crippen LogP contribution in [0.2, 0.25) is 0 Å². The number of hydrogen-bond donors (Lipinski definition) is 0. The largest absolute Gasteiger partial charge is 0.0584 e. The SMILES string of the molecule is Cc1cc2c3c(ccc(C)c3c1)CC2. The normalized spacial score (nSPS) is 13.9. The van der Waals surface area contributed by atoms with Gasteiger partial charge in [0.25, 0.3) is 0 Å². The van der Waals surface area contributed by atoms with Crippen molar-refractivity contribution >= 4 is 10.8 Å². The van der Waals surface area contributed by atoms with E-state index < -0.39 is 0 Å². The Balaban J connectivity index is 2.55. The second-order valence-electron chi connectivity index (χ2n) is 4.39. The van der Waals surface area contributed by atoms with Crippen LogP contribution in [0.15, 0.2) is 24.3 Å². The summed E-state index contributed by atoms with van der Waals surface area (Å²) >= 11 is 0. The van der Waals surface area contributed by atoms with Gasteiger partial charge in [-0.2, -0.15) is 0 Å². The van der Waals surface area contributed by atoms with E-state index in [0.717, 1.165) is 0 Å². The molecule has 14 heavy (non-hydrogen) atoms. The Bertz CT molecular complexity index is 521. The monoisotopic (exact) mass is 182 g/mol. The van der Waals surface area contributed by atoms with E-state index in [-0.39, 0.29) is 0 Å². The number of benzene rings is 2. The minimum Gasteiger partial charge on any atom is -0.0584 e. The van der Waals surface area contributed by atoms with Gasteiger partial charge in [0.1, 0.15) is 0 Å². The highest BCUT2D eigenvalue weighted by atomic mass is 14.2. The first-order valence-electron chi connectivity index (χ1n) is 5.27. The average Bonchev–Trinajstić information content (AvgIpc) is 2.55. The molecule has 0 aliphatic heterocycles. The van der Waals surface area contributed by atoms with Gasteiger partial charge in [0, 0.05) is 0 Å². The Kier molecular flexibility index (Phi) is 1.49. The number of aryl methyl sites for hydroxylation is 4. The Labute approximate surface area is 84.6 Å². The van der Waals surface area contributed by atoms with Gasteiger partial charge in [0.05, 0.1) is 0 Å². The lowest BCUT2D eigenvalue weighted by atomic mass is 9.99. The third kappa shape index (κ3) is 0.942. The fraction of sp³-hybridized carbons (Fsp3) is 0.286. The predicted octanol–water partition coefficient (Wildman–Crippen LogP) is 3.56. The van der Waals surface area contributed by atoms with Crippen LogP contribution in [0.3, 0.4) is 0 Å². The van der Waals surface area contributed by atoms with Gasteiger partial charge >= 0.3 is 0 Å². The van der Waals surface area contributed by atoms with Crippen molar-refractivity contribution in [2.75, 3.05) is 0 Å². The molecule has 0 fully saturated rings. The van der Waals surface area contributed by atoms with Gasteiger partial charge < -0.3 is 0 Å². The van der Waals surface area contributed by atoms with E-state index in [4.69, 9.17) is 0 Å². The fourth-order valence-electron chi connectivity index (χ4n) is 2.63. The first-order chi connectivity index (χ1) is 6.75. The van der Waals surface area contributed by atoms with Gasteiger partial charge in [0.15, 0.2) is 0 Å². The molecule has 0 spiro atoms. The molecular weight excluding hydrogens is 168 g/mol. The number of rotatable bonds is 0. The lowest BCUT2D eigenvalue weighted by Gasteiger charge is -2.06. The Hall–Kier alpha value is -1.30. The van der Waals surface area contributed by atoms with Gasteiger partial charge in [-0.05, 0) is 54.2 Å². The summed E-state index contributed by atoms with van der Waals surface area (Å²) in [4.78, 5) is 0. The maximum atomic E-state index is 2.35. The summed E-state index contributed by atoms with van der Waals surface area (Å²) in [5.41, 5.74) is 5.91. The van der Waals surface area contributed by atoms with Crippen LogP contribution in [0.25, 0.3) is 10.8 Å². The second-order valence-corrected chi connectivity index (χ2v) is 4.39. The van der Waals surface area contributed by atoms with E-state index in [1.807, 2.05) is 0 Å². The Morgan fingerprint density at radius 2 is 1.71 bits per heavy atom. The van der Waals surface area contributed by atoms with Crippen molar-refractivity contribution in [3.63, 3.8) is 0 Å². The van der Waals surface area contributed by atoms with Crippen molar-refractivity contribution in [1.29, 1.82) is 0 Å². The molecule has 0 amide bonds. The van der Waals surface area contributed by atoms with Crippen molar-refractivity contribution in [2.24, 2.45) is 0 Å². The standard InChI is InChI=1S/C14H14/c1-9-7-12-6-5-11-4-3-10(2)13(8-9)14(11)12/h3-4,7-8H,5-6H2,1-2H3. The van der Waals surface area contributed by atoms with Gasteiger partial charge in [-0.1, -0.05) is 29.8 Å². The number of hydrogen-bond acceptors (Lipinski definition) is 0. The van der Waals surface area contributed by atoms with E-state index >= 15 is 0 Å². The van der Waals surface area contributed by atoms with Crippen LogP contribution in [0, 0.1) is 13.8 Å². The van der Waals surface area contributed by atoms with E-state index in [1.165, 1.54) is 34.7 Å². The van der Waals surface area contributed by atoms with Crippen LogP contribution in [0.5, 0.6) is 0 Å². The predicted molar refractivity (Wildman–Crippen MR) is 60.8 cm³/mol. The molecule has 2 aromatic carbocycles. The van der Waals surface area contributed by atoms with Crippen LogP contribution in [0.4, 0.5) is 0 Å². The smallest absolute Gasteiger partial charge is 0.0117 e. The highest BCUT2D eigenvalue weighted by Gasteiger charge is 2.14. The molecule has 0 heteroatoms. The van der Waals surface area contributed by atoms with E-state index in [9.17, 15) is 0 Å². The molecular formula is C14H14. The third-order valence-electron chi connectivity index (χ3n) is 3.31. The zero-order valence-electron chi connectivity index (χ0n) is 8.72. The molecule has 0 atom stereocenters.